The van der Waals surface area contributed by atoms with E-state index >= 15 is 0 Å². The Bertz CT molecular complexity index is 501. The molecule has 19 heavy (non-hydrogen) atoms. The summed E-state index contributed by atoms with van der Waals surface area (Å²) < 4.78 is 5.40. The molecule has 0 aliphatic carbocycles. The van der Waals surface area contributed by atoms with Crippen LogP contribution in [0.2, 0.25) is 0 Å². The van der Waals surface area contributed by atoms with Crippen LogP contribution in [0.5, 0.6) is 0 Å². The molecule has 0 bridgehead atoms. The van der Waals surface area contributed by atoms with E-state index in [4.69, 9.17) is 10.5 Å². The molecule has 3 N–H and O–H groups in total. The van der Waals surface area contributed by atoms with E-state index in [1.807, 2.05) is 19.1 Å². The zero-order valence-corrected chi connectivity index (χ0v) is 11.8. The summed E-state index contributed by atoms with van der Waals surface area (Å²) in [6.45, 7) is 3.45. The maximum atomic E-state index is 11.9. The van der Waals surface area contributed by atoms with Gasteiger partial charge in [-0.25, -0.2) is 0 Å². The fourth-order valence-corrected chi connectivity index (χ4v) is 2.82. The van der Waals surface area contributed by atoms with Crippen LogP contribution in [0.1, 0.15) is 23.1 Å². The van der Waals surface area contributed by atoms with Crippen molar-refractivity contribution in [2.24, 2.45) is 11.7 Å². The van der Waals surface area contributed by atoms with Crippen LogP contribution in [0.3, 0.4) is 0 Å². The number of hydrogen-bond acceptors (Lipinski definition) is 4. The van der Waals surface area contributed by atoms with Crippen molar-refractivity contribution in [2.45, 2.75) is 26.0 Å². The fourth-order valence-electron chi connectivity index (χ4n) is 2.00. The Morgan fingerprint density at radius 1 is 1.63 bits per heavy atom. The lowest BCUT2D eigenvalue weighted by Gasteiger charge is -2.08. The van der Waals surface area contributed by atoms with Gasteiger partial charge in [-0.15, -0.1) is 11.3 Å². The molecule has 1 aliphatic heterocycles. The lowest BCUT2D eigenvalue weighted by Crippen LogP contribution is -2.30. The highest BCUT2D eigenvalue weighted by atomic mass is 32.1. The third-order valence-corrected chi connectivity index (χ3v) is 3.98. The zero-order valence-electron chi connectivity index (χ0n) is 10.9. The minimum Gasteiger partial charge on any atom is -0.378 e. The third-order valence-electron chi connectivity index (χ3n) is 2.98. The van der Waals surface area contributed by atoms with Gasteiger partial charge in [-0.1, -0.05) is 11.8 Å². The van der Waals surface area contributed by atoms with Gasteiger partial charge in [0.1, 0.15) is 0 Å². The van der Waals surface area contributed by atoms with Crippen LogP contribution in [-0.4, -0.2) is 25.2 Å². The van der Waals surface area contributed by atoms with Crippen LogP contribution < -0.4 is 11.1 Å². The SMILES string of the molecule is CC1CC(C(=O)NCc2ccc(C#CCN)s2)CO1. The van der Waals surface area contributed by atoms with Gasteiger partial charge in [0.2, 0.25) is 5.91 Å². The van der Waals surface area contributed by atoms with Crippen molar-refractivity contribution in [3.63, 3.8) is 0 Å². The van der Waals surface area contributed by atoms with Crippen LogP contribution in [-0.2, 0) is 16.1 Å². The number of carbonyl (C=O) groups is 1. The molecule has 0 spiro atoms. The van der Waals surface area contributed by atoms with Gasteiger partial charge < -0.3 is 15.8 Å². The summed E-state index contributed by atoms with van der Waals surface area (Å²) >= 11 is 1.58. The molecular formula is C14H18N2O2S. The van der Waals surface area contributed by atoms with Gasteiger partial charge in [0.25, 0.3) is 0 Å². The molecule has 1 aromatic rings. The van der Waals surface area contributed by atoms with Gasteiger partial charge in [-0.2, -0.15) is 0 Å². The molecular weight excluding hydrogens is 260 g/mol. The monoisotopic (exact) mass is 278 g/mol. The summed E-state index contributed by atoms with van der Waals surface area (Å²) in [6.07, 6.45) is 0.999. The van der Waals surface area contributed by atoms with E-state index in [0.717, 1.165) is 16.2 Å². The van der Waals surface area contributed by atoms with Gasteiger partial charge in [0.05, 0.1) is 36.6 Å². The van der Waals surface area contributed by atoms with Crippen molar-refractivity contribution in [1.82, 2.24) is 5.32 Å². The number of ether oxygens (including phenoxy) is 1. The largest absolute Gasteiger partial charge is 0.378 e. The van der Waals surface area contributed by atoms with Crippen LogP contribution in [0.25, 0.3) is 0 Å². The van der Waals surface area contributed by atoms with E-state index in [0.29, 0.717) is 19.7 Å². The molecule has 1 saturated heterocycles. The second kappa shape index (κ2) is 6.71. The number of rotatable bonds is 3. The normalized spacial score (nSPS) is 21.8. The van der Waals surface area contributed by atoms with Gasteiger partial charge in [-0.3, -0.25) is 4.79 Å². The molecule has 1 fully saturated rings. The van der Waals surface area contributed by atoms with Crippen molar-refractivity contribution in [3.8, 4) is 11.8 Å². The van der Waals surface area contributed by atoms with Crippen LogP contribution in [0.4, 0.5) is 0 Å². The topological polar surface area (TPSA) is 64.4 Å². The predicted octanol–water partition coefficient (Wildman–Crippen LogP) is 1.10. The summed E-state index contributed by atoms with van der Waals surface area (Å²) in [4.78, 5) is 14.0. The van der Waals surface area contributed by atoms with Crippen molar-refractivity contribution in [2.75, 3.05) is 13.2 Å². The summed E-state index contributed by atoms with van der Waals surface area (Å²) in [5, 5.41) is 2.95. The Labute approximate surface area is 117 Å². The molecule has 2 rings (SSSR count). The quantitative estimate of drug-likeness (QED) is 0.814. The highest BCUT2D eigenvalue weighted by molar-refractivity contribution is 7.12. The second-order valence-electron chi connectivity index (χ2n) is 4.57. The summed E-state index contributed by atoms with van der Waals surface area (Å²) in [7, 11) is 0. The van der Waals surface area contributed by atoms with Gasteiger partial charge >= 0.3 is 0 Å². The molecule has 5 heteroatoms. The maximum absolute atomic E-state index is 11.9. The predicted molar refractivity (Wildman–Crippen MR) is 75.6 cm³/mol. The summed E-state index contributed by atoms with van der Waals surface area (Å²) in [5.41, 5.74) is 5.32. The smallest absolute Gasteiger partial charge is 0.225 e. The Morgan fingerprint density at radius 3 is 3.16 bits per heavy atom. The molecule has 0 radical (unpaired) electrons. The van der Waals surface area contributed by atoms with Gasteiger partial charge in [0, 0.05) is 4.88 Å². The molecule has 2 atom stereocenters. The first kappa shape index (κ1) is 14.1. The van der Waals surface area contributed by atoms with Crippen molar-refractivity contribution in [1.29, 1.82) is 0 Å². The second-order valence-corrected chi connectivity index (χ2v) is 5.73. The molecule has 2 heterocycles. The Kier molecular flexibility index (Phi) is 4.97. The van der Waals surface area contributed by atoms with E-state index in [2.05, 4.69) is 17.2 Å². The minimum absolute atomic E-state index is 0.00790. The zero-order chi connectivity index (χ0) is 13.7. The number of carbonyl (C=O) groups excluding carboxylic acids is 1. The standard InChI is InChI=1S/C14H18N2O2S/c1-10-7-11(9-18-10)14(17)16-8-13-5-4-12(19-13)3-2-6-15/h4-5,10-11H,6-9,15H2,1H3,(H,16,17). The van der Waals surface area contributed by atoms with Crippen molar-refractivity contribution >= 4 is 17.2 Å². The van der Waals surface area contributed by atoms with Crippen molar-refractivity contribution < 1.29 is 9.53 Å². The van der Waals surface area contributed by atoms with E-state index in [1.165, 1.54) is 0 Å². The van der Waals surface area contributed by atoms with Crippen LogP contribution in [0.15, 0.2) is 12.1 Å². The molecule has 1 aromatic heterocycles. The van der Waals surface area contributed by atoms with E-state index in [9.17, 15) is 4.79 Å². The first-order chi connectivity index (χ1) is 9.19. The average Bonchev–Trinajstić information content (AvgIpc) is 3.02. The first-order valence-corrected chi connectivity index (χ1v) is 7.17. The lowest BCUT2D eigenvalue weighted by molar-refractivity contribution is -0.125. The van der Waals surface area contributed by atoms with E-state index < -0.39 is 0 Å². The maximum Gasteiger partial charge on any atom is 0.225 e. The molecule has 1 aliphatic rings. The average molecular weight is 278 g/mol. The number of hydrogen-bond donors (Lipinski definition) is 2. The van der Waals surface area contributed by atoms with Crippen LogP contribution >= 0.6 is 11.3 Å². The molecule has 0 saturated carbocycles. The van der Waals surface area contributed by atoms with Crippen LogP contribution in [0, 0.1) is 17.8 Å². The number of nitrogens with one attached hydrogen (secondary N) is 1. The number of nitrogens with two attached hydrogens (primary N) is 1. The first-order valence-electron chi connectivity index (χ1n) is 6.36. The number of thiophene rings is 1. The molecule has 2 unspecified atom stereocenters. The summed E-state index contributed by atoms with van der Waals surface area (Å²) in [6, 6.07) is 3.94. The molecule has 102 valence electrons. The molecule has 1 amide bonds. The lowest BCUT2D eigenvalue weighted by atomic mass is 10.1. The van der Waals surface area contributed by atoms with Gasteiger partial charge in [-0.05, 0) is 25.5 Å². The van der Waals surface area contributed by atoms with Gasteiger partial charge in [0.15, 0.2) is 0 Å². The highest BCUT2D eigenvalue weighted by Gasteiger charge is 2.27. The number of amides is 1. The van der Waals surface area contributed by atoms with E-state index in [-0.39, 0.29) is 17.9 Å². The Balaban J connectivity index is 1.82. The Morgan fingerprint density at radius 2 is 2.47 bits per heavy atom. The van der Waals surface area contributed by atoms with E-state index in [1.54, 1.807) is 11.3 Å². The fraction of sp³-hybridized carbons (Fsp3) is 0.500. The van der Waals surface area contributed by atoms with Crippen molar-refractivity contribution in [3.05, 3.63) is 21.9 Å². The Hall–Kier alpha value is -1.35. The molecule has 4 nitrogen and oxygen atoms in total. The third kappa shape index (κ3) is 4.06. The highest BCUT2D eigenvalue weighted by Crippen LogP contribution is 2.20. The molecule has 0 aromatic carbocycles. The minimum atomic E-state index is -0.00790. The summed E-state index contributed by atoms with van der Waals surface area (Å²) in [5.74, 6) is 5.87.